The number of rotatable bonds is 7. The lowest BCUT2D eigenvalue weighted by atomic mass is 10.1. The van der Waals surface area contributed by atoms with Crippen LogP contribution in [0.4, 0.5) is 0 Å². The molecule has 5 heteroatoms. The average Bonchev–Trinajstić information content (AvgIpc) is 3.20. The summed E-state index contributed by atoms with van der Waals surface area (Å²) in [5, 5.41) is 4.10. The molecule has 0 aliphatic heterocycles. The van der Waals surface area contributed by atoms with Crippen LogP contribution in [0.3, 0.4) is 0 Å². The Labute approximate surface area is 147 Å². The van der Waals surface area contributed by atoms with Crippen LogP contribution in [-0.4, -0.2) is 32.1 Å². The number of benzene rings is 2. The van der Waals surface area contributed by atoms with Gasteiger partial charge >= 0.3 is 0 Å². The van der Waals surface area contributed by atoms with E-state index >= 15 is 0 Å². The van der Waals surface area contributed by atoms with Crippen LogP contribution in [0.15, 0.2) is 73.3 Å². The van der Waals surface area contributed by atoms with Crippen LogP contribution >= 0.6 is 0 Å². The SMILES string of the molecule is CC(C(=O)N(CCc1ccccc1)Cc1ccccc1)n1cncn1. The second-order valence-electron chi connectivity index (χ2n) is 6.03. The largest absolute Gasteiger partial charge is 0.336 e. The maximum atomic E-state index is 13.0. The molecule has 128 valence electrons. The third kappa shape index (κ3) is 4.53. The molecule has 25 heavy (non-hydrogen) atoms. The first-order chi connectivity index (χ1) is 12.2. The zero-order valence-electron chi connectivity index (χ0n) is 14.3. The fourth-order valence-electron chi connectivity index (χ4n) is 2.77. The van der Waals surface area contributed by atoms with Crippen molar-refractivity contribution in [1.82, 2.24) is 19.7 Å². The maximum Gasteiger partial charge on any atom is 0.247 e. The van der Waals surface area contributed by atoms with Crippen LogP contribution in [0.1, 0.15) is 24.1 Å². The van der Waals surface area contributed by atoms with Gasteiger partial charge in [0.25, 0.3) is 0 Å². The summed E-state index contributed by atoms with van der Waals surface area (Å²) in [4.78, 5) is 18.8. The van der Waals surface area contributed by atoms with Gasteiger partial charge < -0.3 is 4.90 Å². The van der Waals surface area contributed by atoms with Gasteiger partial charge in [-0.1, -0.05) is 60.7 Å². The molecule has 3 aromatic rings. The van der Waals surface area contributed by atoms with Crippen molar-refractivity contribution in [1.29, 1.82) is 0 Å². The second kappa shape index (κ2) is 8.24. The van der Waals surface area contributed by atoms with Gasteiger partial charge in [-0.2, -0.15) is 5.10 Å². The maximum absolute atomic E-state index is 13.0. The van der Waals surface area contributed by atoms with Gasteiger partial charge in [0.2, 0.25) is 5.91 Å². The molecule has 0 saturated heterocycles. The van der Waals surface area contributed by atoms with Gasteiger partial charge in [-0.3, -0.25) is 4.79 Å². The van der Waals surface area contributed by atoms with Gasteiger partial charge in [0, 0.05) is 13.1 Å². The first kappa shape index (κ1) is 16.9. The van der Waals surface area contributed by atoms with Crippen molar-refractivity contribution in [2.24, 2.45) is 0 Å². The molecule has 3 rings (SSSR count). The highest BCUT2D eigenvalue weighted by Crippen LogP contribution is 2.13. The fraction of sp³-hybridized carbons (Fsp3) is 0.250. The molecule has 5 nitrogen and oxygen atoms in total. The smallest absolute Gasteiger partial charge is 0.247 e. The van der Waals surface area contributed by atoms with Gasteiger partial charge in [0.1, 0.15) is 18.7 Å². The lowest BCUT2D eigenvalue weighted by Gasteiger charge is -2.26. The van der Waals surface area contributed by atoms with E-state index < -0.39 is 0 Å². The van der Waals surface area contributed by atoms with Gasteiger partial charge in [-0.15, -0.1) is 0 Å². The average molecular weight is 334 g/mol. The summed E-state index contributed by atoms with van der Waals surface area (Å²) in [6.45, 7) is 3.11. The Bertz CT molecular complexity index is 772. The quantitative estimate of drug-likeness (QED) is 0.667. The fourth-order valence-corrected chi connectivity index (χ4v) is 2.77. The molecule has 1 unspecified atom stereocenters. The van der Waals surface area contributed by atoms with E-state index in [0.717, 1.165) is 12.0 Å². The Morgan fingerprint density at radius 2 is 1.68 bits per heavy atom. The number of hydrogen-bond donors (Lipinski definition) is 0. The molecular weight excluding hydrogens is 312 g/mol. The Kier molecular flexibility index (Phi) is 5.57. The van der Waals surface area contributed by atoms with Gasteiger partial charge in [0.05, 0.1) is 0 Å². The van der Waals surface area contributed by atoms with Crippen molar-refractivity contribution in [3.8, 4) is 0 Å². The molecule has 0 aliphatic rings. The molecule has 0 saturated carbocycles. The number of nitrogens with zero attached hydrogens (tertiary/aromatic N) is 4. The predicted octanol–water partition coefficient (Wildman–Crippen LogP) is 3.11. The zero-order valence-corrected chi connectivity index (χ0v) is 14.3. The number of carbonyl (C=O) groups excluding carboxylic acids is 1. The molecule has 0 N–H and O–H groups in total. The molecule has 0 spiro atoms. The highest BCUT2D eigenvalue weighted by atomic mass is 16.2. The van der Waals surface area contributed by atoms with Crippen molar-refractivity contribution >= 4 is 5.91 Å². The summed E-state index contributed by atoms with van der Waals surface area (Å²) >= 11 is 0. The Hall–Kier alpha value is -2.95. The van der Waals surface area contributed by atoms with E-state index in [-0.39, 0.29) is 11.9 Å². The Balaban J connectivity index is 1.74. The van der Waals surface area contributed by atoms with Gasteiger partial charge in [-0.25, -0.2) is 9.67 Å². The number of amides is 1. The van der Waals surface area contributed by atoms with Crippen LogP contribution in [-0.2, 0) is 17.8 Å². The lowest BCUT2D eigenvalue weighted by Crippen LogP contribution is -2.37. The van der Waals surface area contributed by atoms with Crippen LogP contribution in [0.25, 0.3) is 0 Å². The van der Waals surface area contributed by atoms with Crippen LogP contribution in [0.2, 0.25) is 0 Å². The summed E-state index contributed by atoms with van der Waals surface area (Å²) in [6.07, 6.45) is 3.86. The monoisotopic (exact) mass is 334 g/mol. The number of aromatic nitrogens is 3. The zero-order chi connectivity index (χ0) is 17.5. The minimum atomic E-state index is -0.373. The summed E-state index contributed by atoms with van der Waals surface area (Å²) in [5.74, 6) is 0.0466. The molecule has 1 aromatic heterocycles. The van der Waals surface area contributed by atoms with Crippen molar-refractivity contribution in [3.05, 3.63) is 84.4 Å². The molecule has 1 amide bonds. The molecule has 2 aromatic carbocycles. The number of hydrogen-bond acceptors (Lipinski definition) is 3. The summed E-state index contributed by atoms with van der Waals surface area (Å²) < 4.78 is 1.60. The van der Waals surface area contributed by atoms with E-state index in [1.54, 1.807) is 11.0 Å². The van der Waals surface area contributed by atoms with Crippen LogP contribution in [0, 0.1) is 0 Å². The van der Waals surface area contributed by atoms with Crippen LogP contribution in [0.5, 0.6) is 0 Å². The van der Waals surface area contributed by atoms with Gasteiger partial charge in [-0.05, 0) is 24.5 Å². The van der Waals surface area contributed by atoms with Crippen LogP contribution < -0.4 is 0 Å². The highest BCUT2D eigenvalue weighted by Gasteiger charge is 2.22. The van der Waals surface area contributed by atoms with Gasteiger partial charge in [0.15, 0.2) is 0 Å². The molecule has 1 heterocycles. The predicted molar refractivity (Wildman–Crippen MR) is 96.7 cm³/mol. The Morgan fingerprint density at radius 3 is 2.28 bits per heavy atom. The molecule has 0 bridgehead atoms. The third-order valence-corrected chi connectivity index (χ3v) is 4.23. The van der Waals surface area contributed by atoms with E-state index in [1.165, 1.54) is 11.9 Å². The van der Waals surface area contributed by atoms with E-state index in [1.807, 2.05) is 60.4 Å². The van der Waals surface area contributed by atoms with Crippen molar-refractivity contribution in [3.63, 3.8) is 0 Å². The van der Waals surface area contributed by atoms with Crippen molar-refractivity contribution in [2.75, 3.05) is 6.54 Å². The molecule has 1 atom stereocenters. The van der Waals surface area contributed by atoms with Crippen molar-refractivity contribution in [2.45, 2.75) is 25.9 Å². The normalized spacial score (nSPS) is 11.9. The third-order valence-electron chi connectivity index (χ3n) is 4.23. The van der Waals surface area contributed by atoms with E-state index in [2.05, 4.69) is 22.2 Å². The van der Waals surface area contributed by atoms with E-state index in [0.29, 0.717) is 13.1 Å². The molecule has 0 aliphatic carbocycles. The molecule has 0 fully saturated rings. The lowest BCUT2D eigenvalue weighted by molar-refractivity contribution is -0.135. The summed E-state index contributed by atoms with van der Waals surface area (Å²) in [6, 6.07) is 19.9. The van der Waals surface area contributed by atoms with Crippen molar-refractivity contribution < 1.29 is 4.79 Å². The summed E-state index contributed by atoms with van der Waals surface area (Å²) in [5.41, 5.74) is 2.34. The van der Waals surface area contributed by atoms with E-state index in [9.17, 15) is 4.79 Å². The standard InChI is InChI=1S/C20H22N4O/c1-17(24-16-21-15-22-24)20(25)23(14-19-10-6-3-7-11-19)13-12-18-8-4-2-5-9-18/h2-11,15-17H,12-14H2,1H3. The highest BCUT2D eigenvalue weighted by molar-refractivity contribution is 5.80. The Morgan fingerprint density at radius 1 is 1.04 bits per heavy atom. The first-order valence-corrected chi connectivity index (χ1v) is 8.45. The minimum Gasteiger partial charge on any atom is -0.336 e. The molecular formula is C20H22N4O. The first-order valence-electron chi connectivity index (χ1n) is 8.45. The summed E-state index contributed by atoms with van der Waals surface area (Å²) in [7, 11) is 0. The van der Waals surface area contributed by atoms with E-state index in [4.69, 9.17) is 0 Å². The molecule has 0 radical (unpaired) electrons. The topological polar surface area (TPSA) is 51.0 Å². The minimum absolute atomic E-state index is 0.0466. The second-order valence-corrected chi connectivity index (χ2v) is 6.03. The number of carbonyl (C=O) groups is 1.